The third-order valence-electron chi connectivity index (χ3n) is 3.72. The van der Waals surface area contributed by atoms with E-state index in [1.807, 2.05) is 12.1 Å². The molecule has 0 bridgehead atoms. The molecule has 1 fully saturated rings. The zero-order valence-electron chi connectivity index (χ0n) is 10.7. The van der Waals surface area contributed by atoms with Gasteiger partial charge in [-0.1, -0.05) is 25.5 Å². The summed E-state index contributed by atoms with van der Waals surface area (Å²) in [5.74, 6) is 0.0628. The highest BCUT2D eigenvalue weighted by Crippen LogP contribution is 2.39. The van der Waals surface area contributed by atoms with Crippen LogP contribution in [0.4, 0.5) is 0 Å². The van der Waals surface area contributed by atoms with Crippen LogP contribution in [0.15, 0.2) is 24.3 Å². The summed E-state index contributed by atoms with van der Waals surface area (Å²) in [5.41, 5.74) is 1.90. The molecule has 1 N–H and O–H groups in total. The van der Waals surface area contributed by atoms with Gasteiger partial charge in [0.25, 0.3) is 0 Å². The van der Waals surface area contributed by atoms with Crippen LogP contribution >= 0.6 is 0 Å². The average Bonchev–Trinajstić information content (AvgIpc) is 2.35. The monoisotopic (exact) mass is 242 g/mol. The molecule has 1 amide bonds. The lowest BCUT2D eigenvalue weighted by Crippen LogP contribution is -2.40. The van der Waals surface area contributed by atoms with Gasteiger partial charge in [0.15, 0.2) is 0 Å². The van der Waals surface area contributed by atoms with E-state index in [1.54, 1.807) is 12.1 Å². The second-order valence-electron chi connectivity index (χ2n) is 5.43. The Balaban J connectivity index is 1.81. The van der Waals surface area contributed by atoms with E-state index >= 15 is 0 Å². The minimum atomic E-state index is 0.0628. The smallest absolute Gasteiger partial charge is 0.224 e. The number of nitrogens with one attached hydrogen (secondary N) is 1. The van der Waals surface area contributed by atoms with Crippen LogP contribution < -0.4 is 5.32 Å². The van der Waals surface area contributed by atoms with Crippen molar-refractivity contribution in [2.45, 2.75) is 32.6 Å². The summed E-state index contributed by atoms with van der Waals surface area (Å²) in [5, 5.41) is 11.7. The van der Waals surface area contributed by atoms with E-state index in [2.05, 4.69) is 18.3 Å². The van der Waals surface area contributed by atoms with Gasteiger partial charge in [0, 0.05) is 6.54 Å². The van der Waals surface area contributed by atoms with Crippen molar-refractivity contribution in [3.05, 3.63) is 35.4 Å². The van der Waals surface area contributed by atoms with E-state index in [-0.39, 0.29) is 5.91 Å². The number of carbonyl (C=O) groups excluding carboxylic acids is 1. The van der Waals surface area contributed by atoms with Crippen LogP contribution in [0, 0.1) is 16.7 Å². The SMILES string of the molecule is CC1(CNC(=O)Cc2ccc(C#N)cc2)CCC1. The molecule has 1 aliphatic rings. The van der Waals surface area contributed by atoms with Gasteiger partial charge in [-0.3, -0.25) is 4.79 Å². The lowest BCUT2D eigenvalue weighted by atomic mass is 9.70. The van der Waals surface area contributed by atoms with Gasteiger partial charge >= 0.3 is 0 Å². The summed E-state index contributed by atoms with van der Waals surface area (Å²) >= 11 is 0. The van der Waals surface area contributed by atoms with Gasteiger partial charge in [-0.25, -0.2) is 0 Å². The van der Waals surface area contributed by atoms with E-state index in [0.29, 0.717) is 17.4 Å². The summed E-state index contributed by atoms with van der Waals surface area (Å²) in [6, 6.07) is 9.23. The lowest BCUT2D eigenvalue weighted by Gasteiger charge is -2.38. The third-order valence-corrected chi connectivity index (χ3v) is 3.72. The highest BCUT2D eigenvalue weighted by atomic mass is 16.1. The molecule has 1 saturated carbocycles. The lowest BCUT2D eigenvalue weighted by molar-refractivity contribution is -0.121. The number of hydrogen-bond acceptors (Lipinski definition) is 2. The van der Waals surface area contributed by atoms with Crippen LogP contribution in [-0.2, 0) is 11.2 Å². The minimum absolute atomic E-state index is 0.0628. The maximum Gasteiger partial charge on any atom is 0.224 e. The fourth-order valence-corrected chi connectivity index (χ4v) is 2.21. The van der Waals surface area contributed by atoms with Crippen LogP contribution in [0.3, 0.4) is 0 Å². The number of carbonyl (C=O) groups is 1. The molecule has 2 rings (SSSR count). The highest BCUT2D eigenvalue weighted by Gasteiger charge is 2.31. The molecule has 0 spiro atoms. The van der Waals surface area contributed by atoms with E-state index in [0.717, 1.165) is 12.1 Å². The summed E-state index contributed by atoms with van der Waals surface area (Å²) in [7, 11) is 0. The van der Waals surface area contributed by atoms with E-state index in [9.17, 15) is 4.79 Å². The van der Waals surface area contributed by atoms with Gasteiger partial charge in [0.2, 0.25) is 5.91 Å². The summed E-state index contributed by atoms with van der Waals surface area (Å²) in [6.45, 7) is 3.00. The molecule has 0 radical (unpaired) electrons. The first-order valence-electron chi connectivity index (χ1n) is 6.37. The van der Waals surface area contributed by atoms with Crippen LogP contribution in [0.1, 0.15) is 37.3 Å². The molecular weight excluding hydrogens is 224 g/mol. The van der Waals surface area contributed by atoms with Crippen LogP contribution in [0.25, 0.3) is 0 Å². The molecule has 0 saturated heterocycles. The predicted molar refractivity (Wildman–Crippen MR) is 69.8 cm³/mol. The molecule has 3 heteroatoms. The van der Waals surface area contributed by atoms with E-state index in [1.165, 1.54) is 19.3 Å². The third kappa shape index (κ3) is 3.10. The number of amides is 1. The highest BCUT2D eigenvalue weighted by molar-refractivity contribution is 5.78. The van der Waals surface area contributed by atoms with Gasteiger partial charge < -0.3 is 5.32 Å². The normalized spacial score (nSPS) is 16.4. The molecule has 94 valence electrons. The first-order chi connectivity index (χ1) is 8.61. The Kier molecular flexibility index (Phi) is 3.66. The minimum Gasteiger partial charge on any atom is -0.355 e. The number of nitrogens with zero attached hydrogens (tertiary/aromatic N) is 1. The predicted octanol–water partition coefficient (Wildman–Crippen LogP) is 2.41. The molecule has 1 aromatic carbocycles. The maximum absolute atomic E-state index is 11.8. The Morgan fingerprint density at radius 3 is 2.56 bits per heavy atom. The van der Waals surface area contributed by atoms with Crippen molar-refractivity contribution in [1.82, 2.24) is 5.32 Å². The fourth-order valence-electron chi connectivity index (χ4n) is 2.21. The molecule has 18 heavy (non-hydrogen) atoms. The molecule has 0 unspecified atom stereocenters. The van der Waals surface area contributed by atoms with Crippen molar-refractivity contribution in [3.8, 4) is 6.07 Å². The average molecular weight is 242 g/mol. The molecule has 0 atom stereocenters. The van der Waals surface area contributed by atoms with Crippen molar-refractivity contribution in [2.75, 3.05) is 6.54 Å². The van der Waals surface area contributed by atoms with Gasteiger partial charge in [-0.2, -0.15) is 5.26 Å². The molecule has 0 aromatic heterocycles. The Morgan fingerprint density at radius 1 is 1.39 bits per heavy atom. The van der Waals surface area contributed by atoms with Crippen LogP contribution in [-0.4, -0.2) is 12.5 Å². The second kappa shape index (κ2) is 5.22. The first kappa shape index (κ1) is 12.6. The number of hydrogen-bond donors (Lipinski definition) is 1. The Morgan fingerprint density at radius 2 is 2.06 bits per heavy atom. The zero-order chi connectivity index (χ0) is 13.0. The summed E-state index contributed by atoms with van der Waals surface area (Å²) in [6.07, 6.45) is 4.10. The van der Waals surface area contributed by atoms with Crippen LogP contribution in [0.2, 0.25) is 0 Å². The first-order valence-corrected chi connectivity index (χ1v) is 6.37. The van der Waals surface area contributed by atoms with Gasteiger partial charge in [0.1, 0.15) is 0 Å². The quantitative estimate of drug-likeness (QED) is 0.881. The van der Waals surface area contributed by atoms with Gasteiger partial charge in [0.05, 0.1) is 18.1 Å². The summed E-state index contributed by atoms with van der Waals surface area (Å²) in [4.78, 5) is 11.8. The number of rotatable bonds is 4. The van der Waals surface area contributed by atoms with Crippen molar-refractivity contribution in [1.29, 1.82) is 5.26 Å². The van der Waals surface area contributed by atoms with Crippen molar-refractivity contribution in [3.63, 3.8) is 0 Å². The number of nitriles is 1. The molecule has 3 nitrogen and oxygen atoms in total. The van der Waals surface area contributed by atoms with Crippen LogP contribution in [0.5, 0.6) is 0 Å². The van der Waals surface area contributed by atoms with Gasteiger partial charge in [-0.05, 0) is 36.0 Å². The standard InChI is InChI=1S/C15H18N2O/c1-15(7-2-8-15)11-17-14(18)9-12-3-5-13(10-16)6-4-12/h3-6H,2,7-9,11H2,1H3,(H,17,18). The topological polar surface area (TPSA) is 52.9 Å². The zero-order valence-corrected chi connectivity index (χ0v) is 10.7. The largest absolute Gasteiger partial charge is 0.355 e. The Labute approximate surface area is 108 Å². The van der Waals surface area contributed by atoms with E-state index < -0.39 is 0 Å². The van der Waals surface area contributed by atoms with Crippen molar-refractivity contribution >= 4 is 5.91 Å². The Bertz CT molecular complexity index is 466. The molecular formula is C15H18N2O. The number of benzene rings is 1. The van der Waals surface area contributed by atoms with Crippen molar-refractivity contribution < 1.29 is 4.79 Å². The maximum atomic E-state index is 11.8. The molecule has 0 aliphatic heterocycles. The second-order valence-corrected chi connectivity index (χ2v) is 5.43. The Hall–Kier alpha value is -1.82. The summed E-state index contributed by atoms with van der Waals surface area (Å²) < 4.78 is 0. The van der Waals surface area contributed by atoms with Gasteiger partial charge in [-0.15, -0.1) is 0 Å². The molecule has 0 heterocycles. The fraction of sp³-hybridized carbons (Fsp3) is 0.467. The molecule has 1 aromatic rings. The van der Waals surface area contributed by atoms with Crippen molar-refractivity contribution in [2.24, 2.45) is 5.41 Å². The molecule has 1 aliphatic carbocycles. The van der Waals surface area contributed by atoms with E-state index in [4.69, 9.17) is 5.26 Å².